The van der Waals surface area contributed by atoms with Crippen LogP contribution in [0.25, 0.3) is 0 Å². The molecule has 0 saturated heterocycles. The van der Waals surface area contributed by atoms with Crippen molar-refractivity contribution < 1.29 is 17.6 Å². The van der Waals surface area contributed by atoms with Crippen LogP contribution in [0.3, 0.4) is 0 Å². The summed E-state index contributed by atoms with van der Waals surface area (Å²) in [6, 6.07) is 8.33. The average Bonchev–Trinajstić information content (AvgIpc) is 3.06. The van der Waals surface area contributed by atoms with E-state index in [0.717, 1.165) is 19.4 Å². The third-order valence-corrected chi connectivity index (χ3v) is 5.31. The molecule has 0 unspecified atom stereocenters. The monoisotopic (exact) mass is 349 g/mol. The highest BCUT2D eigenvalue weighted by Crippen LogP contribution is 2.28. The van der Waals surface area contributed by atoms with Gasteiger partial charge >= 0.3 is 0 Å². The first-order chi connectivity index (χ1) is 11.4. The topological polar surface area (TPSA) is 91.6 Å². The molecule has 24 heavy (non-hydrogen) atoms. The lowest BCUT2D eigenvalue weighted by Gasteiger charge is -2.27. The summed E-state index contributed by atoms with van der Waals surface area (Å²) in [6.07, 6.45) is 2.04. The number of nitrogens with zero attached hydrogens (tertiary/aromatic N) is 1. The van der Waals surface area contributed by atoms with Crippen molar-refractivity contribution in [1.82, 2.24) is 4.72 Å². The highest BCUT2D eigenvalue weighted by Gasteiger charge is 2.20. The van der Waals surface area contributed by atoms with Crippen LogP contribution in [0.1, 0.15) is 22.5 Å². The van der Waals surface area contributed by atoms with Crippen molar-refractivity contribution in [3.05, 3.63) is 41.7 Å². The van der Waals surface area contributed by atoms with Crippen LogP contribution in [-0.4, -0.2) is 35.0 Å². The van der Waals surface area contributed by atoms with Gasteiger partial charge in [0.2, 0.25) is 5.09 Å². The van der Waals surface area contributed by atoms with Crippen molar-refractivity contribution in [1.29, 1.82) is 0 Å². The van der Waals surface area contributed by atoms with Crippen molar-refractivity contribution in [2.24, 2.45) is 0 Å². The lowest BCUT2D eigenvalue weighted by molar-refractivity contribution is 0.0991. The van der Waals surface area contributed by atoms with Gasteiger partial charge < -0.3 is 14.6 Å². The number of hydrogen-bond donors (Lipinski definition) is 2. The smallest absolute Gasteiger partial charge is 0.291 e. The van der Waals surface area contributed by atoms with Crippen molar-refractivity contribution in [3.8, 4) is 0 Å². The Bertz CT molecular complexity index is 873. The summed E-state index contributed by atoms with van der Waals surface area (Å²) in [6.45, 7) is 1.02. The standard InChI is InChI=1S/C16H19N3O4S/c1-17-24(21,22)15-8-7-14(23-15)16(20)18-12-5-6-13-11(10-12)4-3-9-19(13)2/h5-8,10,17H,3-4,9H2,1-2H3,(H,18,20). The second-order valence-corrected chi connectivity index (χ2v) is 7.47. The third-order valence-electron chi connectivity index (χ3n) is 4.03. The minimum Gasteiger partial charge on any atom is -0.438 e. The molecule has 8 heteroatoms. The number of nitrogens with one attached hydrogen (secondary N) is 2. The highest BCUT2D eigenvalue weighted by molar-refractivity contribution is 7.89. The van der Waals surface area contributed by atoms with Gasteiger partial charge in [0.05, 0.1) is 0 Å². The molecule has 7 nitrogen and oxygen atoms in total. The average molecular weight is 349 g/mol. The van der Waals surface area contributed by atoms with E-state index in [1.54, 1.807) is 0 Å². The van der Waals surface area contributed by atoms with Gasteiger partial charge in [-0.1, -0.05) is 0 Å². The fourth-order valence-corrected chi connectivity index (χ4v) is 3.39. The summed E-state index contributed by atoms with van der Waals surface area (Å²) in [5.74, 6) is -0.546. The fourth-order valence-electron chi connectivity index (χ4n) is 2.74. The SMILES string of the molecule is CNS(=O)(=O)c1ccc(C(=O)Nc2ccc3c(c2)CCCN3C)o1. The zero-order chi connectivity index (χ0) is 17.3. The van der Waals surface area contributed by atoms with Gasteiger partial charge in [-0.2, -0.15) is 0 Å². The molecule has 1 aliphatic heterocycles. The van der Waals surface area contributed by atoms with E-state index in [1.165, 1.54) is 30.4 Å². The molecule has 0 saturated carbocycles. The summed E-state index contributed by atoms with van der Waals surface area (Å²) >= 11 is 0. The zero-order valence-electron chi connectivity index (χ0n) is 13.5. The van der Waals surface area contributed by atoms with Gasteiger partial charge in [0.1, 0.15) is 0 Å². The zero-order valence-corrected chi connectivity index (χ0v) is 14.3. The lowest BCUT2D eigenvalue weighted by atomic mass is 10.0. The molecular weight excluding hydrogens is 330 g/mol. The van der Waals surface area contributed by atoms with Crippen LogP contribution < -0.4 is 14.9 Å². The quantitative estimate of drug-likeness (QED) is 0.878. The molecule has 0 bridgehead atoms. The molecule has 0 atom stereocenters. The predicted molar refractivity (Wildman–Crippen MR) is 90.9 cm³/mol. The first-order valence-corrected chi connectivity index (χ1v) is 9.08. The maximum atomic E-state index is 12.2. The van der Waals surface area contributed by atoms with E-state index < -0.39 is 15.9 Å². The number of anilines is 2. The van der Waals surface area contributed by atoms with Crippen LogP contribution in [0.5, 0.6) is 0 Å². The van der Waals surface area contributed by atoms with Gasteiger partial charge in [-0.15, -0.1) is 0 Å². The van der Waals surface area contributed by atoms with Gasteiger partial charge in [0, 0.05) is 25.0 Å². The van der Waals surface area contributed by atoms with E-state index in [9.17, 15) is 13.2 Å². The van der Waals surface area contributed by atoms with Crippen LogP contribution >= 0.6 is 0 Å². The van der Waals surface area contributed by atoms with Gasteiger partial charge in [-0.3, -0.25) is 4.79 Å². The van der Waals surface area contributed by atoms with Crippen molar-refractivity contribution >= 4 is 27.3 Å². The Hall–Kier alpha value is -2.32. The summed E-state index contributed by atoms with van der Waals surface area (Å²) in [7, 11) is -0.380. The number of fused-ring (bicyclic) bond motifs is 1. The molecule has 2 N–H and O–H groups in total. The van der Waals surface area contributed by atoms with Crippen LogP contribution in [0, 0.1) is 0 Å². The van der Waals surface area contributed by atoms with E-state index in [1.807, 2.05) is 25.2 Å². The van der Waals surface area contributed by atoms with E-state index >= 15 is 0 Å². The number of carbonyl (C=O) groups excluding carboxylic acids is 1. The second kappa shape index (κ2) is 6.29. The molecule has 0 fully saturated rings. The Morgan fingerprint density at radius 1 is 1.25 bits per heavy atom. The molecule has 1 aromatic carbocycles. The summed E-state index contributed by atoms with van der Waals surface area (Å²) in [5.41, 5.74) is 3.00. The number of aryl methyl sites for hydroxylation is 1. The Kier molecular flexibility index (Phi) is 4.33. The van der Waals surface area contributed by atoms with E-state index in [-0.39, 0.29) is 10.9 Å². The summed E-state index contributed by atoms with van der Waals surface area (Å²) in [5, 5.41) is 2.45. The molecule has 2 aromatic rings. The van der Waals surface area contributed by atoms with Crippen LogP contribution in [0.15, 0.2) is 39.8 Å². The lowest BCUT2D eigenvalue weighted by Crippen LogP contribution is -2.24. The number of hydrogen-bond acceptors (Lipinski definition) is 5. The Morgan fingerprint density at radius 2 is 2.04 bits per heavy atom. The summed E-state index contributed by atoms with van der Waals surface area (Å²) < 4.78 is 30.6. The molecule has 3 rings (SSSR count). The number of amides is 1. The van der Waals surface area contributed by atoms with Gasteiger partial charge in [-0.25, -0.2) is 13.1 Å². The van der Waals surface area contributed by atoms with Crippen LogP contribution in [0.4, 0.5) is 11.4 Å². The molecular formula is C16H19N3O4S. The first kappa shape index (κ1) is 16.5. The van der Waals surface area contributed by atoms with Crippen molar-refractivity contribution in [2.45, 2.75) is 17.9 Å². The summed E-state index contributed by atoms with van der Waals surface area (Å²) in [4.78, 5) is 14.4. The molecule has 1 aromatic heterocycles. The minimum atomic E-state index is -3.70. The number of sulfonamides is 1. The Balaban J connectivity index is 1.78. The molecule has 0 spiro atoms. The van der Waals surface area contributed by atoms with Crippen molar-refractivity contribution in [2.75, 3.05) is 30.9 Å². The minimum absolute atomic E-state index is 0.0568. The third kappa shape index (κ3) is 3.15. The Morgan fingerprint density at radius 3 is 2.79 bits per heavy atom. The number of benzene rings is 1. The van der Waals surface area contributed by atoms with E-state index in [4.69, 9.17) is 4.42 Å². The predicted octanol–water partition coefficient (Wildman–Crippen LogP) is 1.82. The van der Waals surface area contributed by atoms with Crippen LogP contribution in [-0.2, 0) is 16.4 Å². The molecule has 2 heterocycles. The second-order valence-electron chi connectivity index (χ2n) is 5.65. The molecule has 1 aliphatic rings. The van der Waals surface area contributed by atoms with Crippen molar-refractivity contribution in [3.63, 3.8) is 0 Å². The van der Waals surface area contributed by atoms with Crippen LogP contribution in [0.2, 0.25) is 0 Å². The molecule has 1 amide bonds. The van der Waals surface area contributed by atoms with Gasteiger partial charge in [0.15, 0.2) is 5.76 Å². The largest absolute Gasteiger partial charge is 0.438 e. The molecule has 128 valence electrons. The van der Waals surface area contributed by atoms with Gasteiger partial charge in [0.25, 0.3) is 15.9 Å². The van der Waals surface area contributed by atoms with E-state index in [0.29, 0.717) is 5.69 Å². The fraction of sp³-hybridized carbons (Fsp3) is 0.312. The Labute approximate surface area is 140 Å². The molecule has 0 radical (unpaired) electrons. The maximum absolute atomic E-state index is 12.2. The van der Waals surface area contributed by atoms with Gasteiger partial charge in [-0.05, 0) is 55.8 Å². The maximum Gasteiger partial charge on any atom is 0.291 e. The number of furan rings is 1. The first-order valence-electron chi connectivity index (χ1n) is 7.59. The highest BCUT2D eigenvalue weighted by atomic mass is 32.2. The number of rotatable bonds is 4. The van der Waals surface area contributed by atoms with E-state index in [2.05, 4.69) is 14.9 Å². The molecule has 0 aliphatic carbocycles. The normalized spacial score (nSPS) is 14.3. The number of carbonyl (C=O) groups is 1.